The predicted octanol–water partition coefficient (Wildman–Crippen LogP) is 3.82. The Balaban J connectivity index is 1.83. The monoisotopic (exact) mass is 382 g/mol. The lowest BCUT2D eigenvalue weighted by molar-refractivity contribution is 0.211. The molecule has 0 bridgehead atoms. The Morgan fingerprint density at radius 2 is 1.79 bits per heavy atom. The molecule has 0 spiro atoms. The number of nitrogens with one attached hydrogen (secondary N) is 3. The Morgan fingerprint density at radius 1 is 1.04 bits per heavy atom. The number of benzene rings is 2. The number of aliphatic imine (C=N–C) groups is 1. The second-order valence-electron chi connectivity index (χ2n) is 6.88. The van der Waals surface area contributed by atoms with E-state index in [-0.39, 0.29) is 0 Å². The molecule has 0 heterocycles. The molecule has 0 fully saturated rings. The Bertz CT molecular complexity index is 686. The summed E-state index contributed by atoms with van der Waals surface area (Å²) in [5, 5.41) is 10.2. The predicted molar refractivity (Wildman–Crippen MR) is 119 cm³/mol. The third kappa shape index (κ3) is 8.44. The van der Waals surface area contributed by atoms with Crippen LogP contribution in [0.3, 0.4) is 0 Å². The molecule has 152 valence electrons. The highest BCUT2D eigenvalue weighted by Crippen LogP contribution is 2.10. The molecule has 0 aliphatic rings. The number of nitrogens with zero attached hydrogens (tertiary/aromatic N) is 1. The van der Waals surface area contributed by atoms with Crippen LogP contribution in [0.2, 0.25) is 0 Å². The Labute approximate surface area is 169 Å². The van der Waals surface area contributed by atoms with Gasteiger partial charge in [-0.3, -0.25) is 0 Å². The van der Waals surface area contributed by atoms with Crippen LogP contribution in [0.4, 0.5) is 5.69 Å². The first-order valence-electron chi connectivity index (χ1n) is 10.1. The molecule has 0 aromatic heterocycles. The fraction of sp³-hybridized carbons (Fsp3) is 0.435. The van der Waals surface area contributed by atoms with Crippen molar-refractivity contribution in [3.05, 3.63) is 65.7 Å². The topological polar surface area (TPSA) is 57.7 Å². The minimum Gasteiger partial charge on any atom is -0.383 e. The molecule has 2 rings (SSSR count). The summed E-state index contributed by atoms with van der Waals surface area (Å²) in [6.45, 7) is 7.30. The molecule has 1 unspecified atom stereocenters. The van der Waals surface area contributed by atoms with Crippen molar-refractivity contribution in [1.29, 1.82) is 0 Å². The van der Waals surface area contributed by atoms with Crippen molar-refractivity contribution < 1.29 is 4.74 Å². The van der Waals surface area contributed by atoms with E-state index in [0.29, 0.717) is 19.2 Å². The lowest BCUT2D eigenvalue weighted by Gasteiger charge is -2.18. The van der Waals surface area contributed by atoms with Gasteiger partial charge in [-0.15, -0.1) is 0 Å². The maximum atomic E-state index is 5.06. The van der Waals surface area contributed by atoms with Crippen LogP contribution >= 0.6 is 0 Å². The lowest BCUT2D eigenvalue weighted by Crippen LogP contribution is -2.42. The third-order valence-corrected chi connectivity index (χ3v) is 4.45. The van der Waals surface area contributed by atoms with E-state index >= 15 is 0 Å². The van der Waals surface area contributed by atoms with E-state index in [2.05, 4.69) is 84.4 Å². The van der Waals surface area contributed by atoms with E-state index in [1.54, 1.807) is 7.11 Å². The molecule has 2 aromatic carbocycles. The molecule has 0 saturated heterocycles. The van der Waals surface area contributed by atoms with E-state index in [0.717, 1.165) is 37.6 Å². The van der Waals surface area contributed by atoms with Gasteiger partial charge in [-0.25, -0.2) is 4.99 Å². The van der Waals surface area contributed by atoms with Gasteiger partial charge >= 0.3 is 0 Å². The van der Waals surface area contributed by atoms with Crippen LogP contribution in [-0.2, 0) is 17.7 Å². The summed E-state index contributed by atoms with van der Waals surface area (Å²) in [6, 6.07) is 19.4. The highest BCUT2D eigenvalue weighted by Gasteiger charge is 2.06. The molecular weight excluding hydrogens is 348 g/mol. The van der Waals surface area contributed by atoms with Crippen LogP contribution in [-0.4, -0.2) is 38.8 Å². The molecule has 2 aromatic rings. The molecule has 0 amide bonds. The van der Waals surface area contributed by atoms with E-state index in [4.69, 9.17) is 9.73 Å². The summed E-state index contributed by atoms with van der Waals surface area (Å²) in [5.74, 6) is 0.866. The molecular formula is C23H34N4O. The van der Waals surface area contributed by atoms with Crippen LogP contribution in [0.15, 0.2) is 59.6 Å². The SMILES string of the molecule is CCNC(=NCc1ccc(NCCOC)cc1)NC(C)CCc1ccccc1. The fourth-order valence-corrected chi connectivity index (χ4v) is 2.85. The number of anilines is 1. The first-order chi connectivity index (χ1) is 13.7. The highest BCUT2D eigenvalue weighted by atomic mass is 16.5. The van der Waals surface area contributed by atoms with Gasteiger partial charge in [0.15, 0.2) is 5.96 Å². The highest BCUT2D eigenvalue weighted by molar-refractivity contribution is 5.80. The average molecular weight is 383 g/mol. The van der Waals surface area contributed by atoms with Crippen molar-refractivity contribution in [3.8, 4) is 0 Å². The maximum absolute atomic E-state index is 5.06. The van der Waals surface area contributed by atoms with E-state index in [1.807, 2.05) is 0 Å². The number of guanidine groups is 1. The fourth-order valence-electron chi connectivity index (χ4n) is 2.85. The Kier molecular flexibility index (Phi) is 9.94. The average Bonchev–Trinajstić information content (AvgIpc) is 2.72. The first kappa shape index (κ1) is 21.8. The largest absolute Gasteiger partial charge is 0.383 e. The van der Waals surface area contributed by atoms with Crippen LogP contribution < -0.4 is 16.0 Å². The number of rotatable bonds is 11. The Morgan fingerprint density at radius 3 is 2.46 bits per heavy atom. The molecule has 0 saturated carbocycles. The number of methoxy groups -OCH3 is 1. The van der Waals surface area contributed by atoms with Gasteiger partial charge in [0.25, 0.3) is 0 Å². The third-order valence-electron chi connectivity index (χ3n) is 4.45. The molecule has 28 heavy (non-hydrogen) atoms. The minimum atomic E-state index is 0.352. The van der Waals surface area contributed by atoms with Gasteiger partial charge in [0.05, 0.1) is 13.2 Å². The molecule has 3 N–H and O–H groups in total. The molecule has 5 heteroatoms. The van der Waals surface area contributed by atoms with Crippen LogP contribution in [0.1, 0.15) is 31.4 Å². The van der Waals surface area contributed by atoms with Gasteiger partial charge in [-0.1, -0.05) is 42.5 Å². The smallest absolute Gasteiger partial charge is 0.191 e. The van der Waals surface area contributed by atoms with Crippen molar-refractivity contribution in [1.82, 2.24) is 10.6 Å². The van der Waals surface area contributed by atoms with Gasteiger partial charge < -0.3 is 20.7 Å². The summed E-state index contributed by atoms with van der Waals surface area (Å²) in [4.78, 5) is 4.74. The summed E-state index contributed by atoms with van der Waals surface area (Å²) >= 11 is 0. The van der Waals surface area contributed by atoms with Crippen LogP contribution in [0, 0.1) is 0 Å². The van der Waals surface area contributed by atoms with E-state index < -0.39 is 0 Å². The summed E-state index contributed by atoms with van der Waals surface area (Å²) < 4.78 is 5.06. The number of ether oxygens (including phenoxy) is 1. The van der Waals surface area contributed by atoms with Gasteiger partial charge in [-0.2, -0.15) is 0 Å². The molecule has 0 aliphatic carbocycles. The van der Waals surface area contributed by atoms with Gasteiger partial charge in [0.2, 0.25) is 0 Å². The molecule has 5 nitrogen and oxygen atoms in total. The zero-order valence-corrected chi connectivity index (χ0v) is 17.4. The minimum absolute atomic E-state index is 0.352. The van der Waals surface area contributed by atoms with Crippen molar-refractivity contribution in [2.45, 2.75) is 39.3 Å². The molecule has 1 atom stereocenters. The molecule has 0 aliphatic heterocycles. The van der Waals surface area contributed by atoms with Crippen LogP contribution in [0.25, 0.3) is 0 Å². The van der Waals surface area contributed by atoms with Crippen LogP contribution in [0.5, 0.6) is 0 Å². The number of aryl methyl sites for hydroxylation is 1. The zero-order valence-electron chi connectivity index (χ0n) is 17.4. The second kappa shape index (κ2) is 12.8. The standard InChI is InChI=1S/C23H34N4O/c1-4-24-23(27-19(2)10-11-20-8-6-5-7-9-20)26-18-21-12-14-22(15-13-21)25-16-17-28-3/h5-9,12-15,19,25H,4,10-11,16-18H2,1-3H3,(H2,24,26,27). The summed E-state index contributed by atoms with van der Waals surface area (Å²) in [5.41, 5.74) is 3.66. The van der Waals surface area contributed by atoms with Crippen molar-refractivity contribution >= 4 is 11.6 Å². The van der Waals surface area contributed by atoms with Crippen molar-refractivity contribution in [2.75, 3.05) is 32.1 Å². The lowest BCUT2D eigenvalue weighted by atomic mass is 10.1. The van der Waals surface area contributed by atoms with E-state index in [1.165, 1.54) is 11.1 Å². The van der Waals surface area contributed by atoms with Crippen molar-refractivity contribution in [3.63, 3.8) is 0 Å². The maximum Gasteiger partial charge on any atom is 0.191 e. The second-order valence-corrected chi connectivity index (χ2v) is 6.88. The Hall–Kier alpha value is -2.53. The molecule has 0 radical (unpaired) electrons. The van der Waals surface area contributed by atoms with E-state index in [9.17, 15) is 0 Å². The summed E-state index contributed by atoms with van der Waals surface area (Å²) in [7, 11) is 1.71. The van der Waals surface area contributed by atoms with Gasteiger partial charge in [0, 0.05) is 31.9 Å². The quantitative estimate of drug-likeness (QED) is 0.314. The summed E-state index contributed by atoms with van der Waals surface area (Å²) in [6.07, 6.45) is 2.13. The number of hydrogen-bond donors (Lipinski definition) is 3. The van der Waals surface area contributed by atoms with Gasteiger partial charge in [0.1, 0.15) is 0 Å². The number of hydrogen-bond acceptors (Lipinski definition) is 3. The normalized spacial score (nSPS) is 12.5. The van der Waals surface area contributed by atoms with Gasteiger partial charge in [-0.05, 0) is 49.9 Å². The first-order valence-corrected chi connectivity index (χ1v) is 10.1. The van der Waals surface area contributed by atoms with Crippen molar-refractivity contribution in [2.24, 2.45) is 4.99 Å². The zero-order chi connectivity index (χ0) is 20.0.